The van der Waals surface area contributed by atoms with Crippen molar-refractivity contribution in [2.75, 3.05) is 5.32 Å². The van der Waals surface area contributed by atoms with Crippen LogP contribution in [0.15, 0.2) is 29.6 Å². The molecule has 1 heterocycles. The lowest BCUT2D eigenvalue weighted by molar-refractivity contribution is -0.119. The van der Waals surface area contributed by atoms with Gasteiger partial charge in [0.15, 0.2) is 5.13 Å². The minimum Gasteiger partial charge on any atom is -0.302 e. The summed E-state index contributed by atoms with van der Waals surface area (Å²) in [5, 5.41) is 5.52. The number of anilines is 1. The number of carbonyl (C=O) groups is 1. The molecule has 0 saturated heterocycles. The number of rotatable bonds is 5. The van der Waals surface area contributed by atoms with Gasteiger partial charge in [0.2, 0.25) is 5.91 Å². The number of thiazole rings is 1. The van der Waals surface area contributed by atoms with E-state index < -0.39 is 0 Å². The summed E-state index contributed by atoms with van der Waals surface area (Å²) in [7, 11) is 0. The Kier molecular flexibility index (Phi) is 4.90. The third-order valence-electron chi connectivity index (χ3n) is 3.45. The molecule has 0 saturated carbocycles. The molecule has 106 valence electrons. The Bertz CT molecular complexity index is 574. The predicted octanol–water partition coefficient (Wildman–Crippen LogP) is 4.36. The van der Waals surface area contributed by atoms with Crippen LogP contribution in [0.25, 0.3) is 11.3 Å². The standard InChI is InChI=1S/C16H20N2OS/c1-4-11(3)15(19)18-16-17-14(10-20-16)13-8-6-12(5-2)7-9-13/h6-11H,4-5H2,1-3H3,(H,17,18,19). The molecule has 2 aromatic rings. The monoisotopic (exact) mass is 288 g/mol. The number of hydrogen-bond donors (Lipinski definition) is 1. The third kappa shape index (κ3) is 3.45. The highest BCUT2D eigenvalue weighted by atomic mass is 32.1. The second kappa shape index (κ2) is 6.66. The number of nitrogens with one attached hydrogen (secondary N) is 1. The minimum atomic E-state index is 0.0196. The molecule has 0 radical (unpaired) electrons. The number of amides is 1. The molecule has 0 aliphatic heterocycles. The topological polar surface area (TPSA) is 42.0 Å². The van der Waals surface area contributed by atoms with Crippen LogP contribution in [0.1, 0.15) is 32.8 Å². The average molecular weight is 288 g/mol. The first kappa shape index (κ1) is 14.7. The number of benzene rings is 1. The summed E-state index contributed by atoms with van der Waals surface area (Å²) in [4.78, 5) is 16.3. The first-order valence-electron chi connectivity index (χ1n) is 6.99. The second-order valence-corrected chi connectivity index (χ2v) is 5.75. The number of hydrogen-bond acceptors (Lipinski definition) is 3. The molecule has 0 spiro atoms. The van der Waals surface area contributed by atoms with Crippen molar-refractivity contribution in [1.82, 2.24) is 4.98 Å². The Hall–Kier alpha value is -1.68. The van der Waals surface area contributed by atoms with Crippen LogP contribution in [-0.2, 0) is 11.2 Å². The largest absolute Gasteiger partial charge is 0.302 e. The molecule has 2 rings (SSSR count). The van der Waals surface area contributed by atoms with Crippen molar-refractivity contribution in [2.45, 2.75) is 33.6 Å². The van der Waals surface area contributed by atoms with Gasteiger partial charge in [-0.05, 0) is 18.4 Å². The van der Waals surface area contributed by atoms with Crippen molar-refractivity contribution in [1.29, 1.82) is 0 Å². The fourth-order valence-electron chi connectivity index (χ4n) is 1.79. The summed E-state index contributed by atoms with van der Waals surface area (Å²) in [5.41, 5.74) is 3.31. The van der Waals surface area contributed by atoms with Gasteiger partial charge in [-0.25, -0.2) is 4.98 Å². The molecule has 20 heavy (non-hydrogen) atoms. The van der Waals surface area contributed by atoms with E-state index in [-0.39, 0.29) is 11.8 Å². The van der Waals surface area contributed by atoms with Crippen LogP contribution in [0.2, 0.25) is 0 Å². The van der Waals surface area contributed by atoms with Crippen LogP contribution in [0.4, 0.5) is 5.13 Å². The van der Waals surface area contributed by atoms with Gasteiger partial charge < -0.3 is 5.32 Å². The number of nitrogens with zero attached hydrogens (tertiary/aromatic N) is 1. The maximum Gasteiger partial charge on any atom is 0.228 e. The van der Waals surface area contributed by atoms with Crippen molar-refractivity contribution in [3.8, 4) is 11.3 Å². The van der Waals surface area contributed by atoms with Crippen LogP contribution in [0, 0.1) is 5.92 Å². The molecule has 1 N–H and O–H groups in total. The number of aromatic nitrogens is 1. The van der Waals surface area contributed by atoms with Gasteiger partial charge in [-0.1, -0.05) is 45.0 Å². The van der Waals surface area contributed by atoms with Crippen LogP contribution in [0.3, 0.4) is 0 Å². The molecular formula is C16H20N2OS. The summed E-state index contributed by atoms with van der Waals surface area (Å²) in [5.74, 6) is 0.0564. The van der Waals surface area contributed by atoms with Gasteiger partial charge in [0.1, 0.15) is 0 Å². The van der Waals surface area contributed by atoms with Crippen LogP contribution in [0.5, 0.6) is 0 Å². The SMILES string of the molecule is CCc1ccc(-c2csc(NC(=O)C(C)CC)n2)cc1. The summed E-state index contributed by atoms with van der Waals surface area (Å²) in [6.07, 6.45) is 1.87. The van der Waals surface area contributed by atoms with Crippen LogP contribution in [-0.4, -0.2) is 10.9 Å². The van der Waals surface area contributed by atoms with Crippen LogP contribution >= 0.6 is 11.3 Å². The zero-order valence-electron chi connectivity index (χ0n) is 12.1. The zero-order valence-corrected chi connectivity index (χ0v) is 13.0. The van der Waals surface area contributed by atoms with E-state index in [1.807, 2.05) is 19.2 Å². The van der Waals surface area contributed by atoms with Gasteiger partial charge in [0, 0.05) is 16.9 Å². The van der Waals surface area contributed by atoms with Crippen molar-refractivity contribution < 1.29 is 4.79 Å². The highest BCUT2D eigenvalue weighted by Crippen LogP contribution is 2.25. The third-order valence-corrected chi connectivity index (χ3v) is 4.21. The molecule has 1 unspecified atom stereocenters. The molecule has 1 aromatic heterocycles. The summed E-state index contributed by atoms with van der Waals surface area (Å²) < 4.78 is 0. The Labute approximate surface area is 124 Å². The number of carbonyl (C=O) groups excluding carboxylic acids is 1. The minimum absolute atomic E-state index is 0.0196. The summed E-state index contributed by atoms with van der Waals surface area (Å²) in [6, 6.07) is 8.39. The van der Waals surface area contributed by atoms with E-state index >= 15 is 0 Å². The van der Waals surface area contributed by atoms with E-state index in [9.17, 15) is 4.79 Å². The van der Waals surface area contributed by atoms with Gasteiger partial charge in [0.25, 0.3) is 0 Å². The number of aryl methyl sites for hydroxylation is 1. The maximum atomic E-state index is 11.8. The van der Waals surface area contributed by atoms with Gasteiger partial charge in [-0.3, -0.25) is 4.79 Å². The Morgan fingerprint density at radius 3 is 2.60 bits per heavy atom. The zero-order chi connectivity index (χ0) is 14.5. The lowest BCUT2D eigenvalue weighted by Crippen LogP contribution is -2.19. The Balaban J connectivity index is 2.10. The van der Waals surface area contributed by atoms with Crippen molar-refractivity contribution in [3.63, 3.8) is 0 Å². The van der Waals surface area contributed by atoms with E-state index in [1.165, 1.54) is 16.9 Å². The smallest absolute Gasteiger partial charge is 0.228 e. The molecule has 1 aromatic carbocycles. The van der Waals surface area contributed by atoms with E-state index in [0.717, 1.165) is 24.1 Å². The van der Waals surface area contributed by atoms with Gasteiger partial charge in [-0.2, -0.15) is 0 Å². The van der Waals surface area contributed by atoms with E-state index in [1.54, 1.807) is 0 Å². The van der Waals surface area contributed by atoms with Crippen molar-refractivity contribution in [3.05, 3.63) is 35.2 Å². The molecule has 0 aliphatic rings. The quantitative estimate of drug-likeness (QED) is 0.888. The van der Waals surface area contributed by atoms with E-state index in [0.29, 0.717) is 5.13 Å². The molecule has 1 amide bonds. The van der Waals surface area contributed by atoms with Crippen LogP contribution < -0.4 is 5.32 Å². The maximum absolute atomic E-state index is 11.8. The summed E-state index contributed by atoms with van der Waals surface area (Å²) >= 11 is 1.47. The molecule has 3 nitrogen and oxygen atoms in total. The summed E-state index contributed by atoms with van der Waals surface area (Å²) in [6.45, 7) is 6.07. The lowest BCUT2D eigenvalue weighted by atomic mass is 10.1. The van der Waals surface area contributed by atoms with Gasteiger partial charge in [-0.15, -0.1) is 11.3 Å². The first-order chi connectivity index (χ1) is 9.63. The van der Waals surface area contributed by atoms with E-state index in [4.69, 9.17) is 0 Å². The van der Waals surface area contributed by atoms with Gasteiger partial charge >= 0.3 is 0 Å². The second-order valence-electron chi connectivity index (χ2n) is 4.89. The normalized spacial score (nSPS) is 12.2. The van der Waals surface area contributed by atoms with E-state index in [2.05, 4.69) is 41.5 Å². The van der Waals surface area contributed by atoms with Gasteiger partial charge in [0.05, 0.1) is 5.69 Å². The fraction of sp³-hybridized carbons (Fsp3) is 0.375. The molecule has 1 atom stereocenters. The molecule has 4 heteroatoms. The van der Waals surface area contributed by atoms with Crippen molar-refractivity contribution in [2.24, 2.45) is 5.92 Å². The highest BCUT2D eigenvalue weighted by molar-refractivity contribution is 7.14. The van der Waals surface area contributed by atoms with Crippen molar-refractivity contribution >= 4 is 22.4 Å². The first-order valence-corrected chi connectivity index (χ1v) is 7.87. The molecule has 0 bridgehead atoms. The molecule has 0 fully saturated rings. The lowest BCUT2D eigenvalue weighted by Gasteiger charge is -2.06. The highest BCUT2D eigenvalue weighted by Gasteiger charge is 2.13. The predicted molar refractivity (Wildman–Crippen MR) is 85.0 cm³/mol. The fourth-order valence-corrected chi connectivity index (χ4v) is 2.51. The Morgan fingerprint density at radius 1 is 1.30 bits per heavy atom. The Morgan fingerprint density at radius 2 is 2.00 bits per heavy atom. The molecule has 0 aliphatic carbocycles. The molecular weight excluding hydrogens is 268 g/mol. The average Bonchev–Trinajstić information content (AvgIpc) is 2.94.